The van der Waals surface area contributed by atoms with E-state index in [-0.39, 0.29) is 0 Å². The van der Waals surface area contributed by atoms with Crippen LogP contribution in [0, 0.1) is 0 Å². The predicted octanol–water partition coefficient (Wildman–Crippen LogP) is 1.99. The van der Waals surface area contributed by atoms with Crippen LogP contribution in [0.5, 0.6) is 5.75 Å². The van der Waals surface area contributed by atoms with Crippen LogP contribution in [0.15, 0.2) is 12.1 Å². The van der Waals surface area contributed by atoms with Gasteiger partial charge in [-0.2, -0.15) is 13.2 Å². The van der Waals surface area contributed by atoms with Gasteiger partial charge in [0.15, 0.2) is 0 Å². The number of methoxy groups -OCH3 is 1. The molecule has 16 heavy (non-hydrogen) atoms. The summed E-state index contributed by atoms with van der Waals surface area (Å²) in [6.07, 6.45) is -4.60. The number of carbonyl (C=O) groups is 1. The number of alkyl halides is 3. The molecule has 0 unspecified atom stereocenters. The first-order chi connectivity index (χ1) is 7.27. The fraction of sp³-hybridized carbons (Fsp3) is 0.222. The molecule has 0 saturated heterocycles. The van der Waals surface area contributed by atoms with Crippen LogP contribution in [0.4, 0.5) is 18.9 Å². The molecule has 0 atom stereocenters. The third-order valence-corrected chi connectivity index (χ3v) is 1.89. The van der Waals surface area contributed by atoms with Gasteiger partial charge >= 0.3 is 12.1 Å². The van der Waals surface area contributed by atoms with E-state index in [0.29, 0.717) is 12.1 Å². The van der Waals surface area contributed by atoms with Crippen LogP contribution in [0.25, 0.3) is 0 Å². The first kappa shape index (κ1) is 12.2. The Hall–Kier alpha value is -1.92. The zero-order valence-electron chi connectivity index (χ0n) is 8.13. The summed E-state index contributed by atoms with van der Waals surface area (Å²) in [7, 11) is 1.07. The summed E-state index contributed by atoms with van der Waals surface area (Å²) in [4.78, 5) is 10.7. The highest BCUT2D eigenvalue weighted by atomic mass is 19.4. The number of rotatable bonds is 2. The van der Waals surface area contributed by atoms with Crippen molar-refractivity contribution in [3.8, 4) is 5.75 Å². The summed E-state index contributed by atoms with van der Waals surface area (Å²) in [5.41, 5.74) is 3.22. The summed E-state index contributed by atoms with van der Waals surface area (Å²) in [5.74, 6) is -1.86. The molecule has 0 fully saturated rings. The van der Waals surface area contributed by atoms with Crippen LogP contribution in [-0.2, 0) is 6.18 Å². The Kier molecular flexibility index (Phi) is 2.97. The molecule has 0 saturated carbocycles. The zero-order chi connectivity index (χ0) is 12.5. The predicted molar refractivity (Wildman–Crippen MR) is 49.4 cm³/mol. The van der Waals surface area contributed by atoms with E-state index in [1.165, 1.54) is 0 Å². The summed E-state index contributed by atoms with van der Waals surface area (Å²) < 4.78 is 41.6. The molecular weight excluding hydrogens is 227 g/mol. The molecule has 0 aliphatic carbocycles. The largest absolute Gasteiger partial charge is 0.496 e. The van der Waals surface area contributed by atoms with Crippen molar-refractivity contribution in [1.29, 1.82) is 0 Å². The van der Waals surface area contributed by atoms with E-state index < -0.39 is 34.7 Å². The van der Waals surface area contributed by atoms with Gasteiger partial charge in [-0.3, -0.25) is 0 Å². The van der Waals surface area contributed by atoms with Crippen molar-refractivity contribution in [3.05, 3.63) is 23.3 Å². The van der Waals surface area contributed by atoms with E-state index in [4.69, 9.17) is 10.8 Å². The topological polar surface area (TPSA) is 72.5 Å². The number of anilines is 1. The van der Waals surface area contributed by atoms with Gasteiger partial charge < -0.3 is 15.6 Å². The molecule has 0 aliphatic rings. The maximum Gasteiger partial charge on any atom is 0.416 e. The number of nitrogens with two attached hydrogens (primary N) is 1. The van der Waals surface area contributed by atoms with Gasteiger partial charge in [-0.05, 0) is 12.1 Å². The molecule has 0 bridgehead atoms. The molecule has 0 amide bonds. The fourth-order valence-electron chi connectivity index (χ4n) is 1.19. The number of carboxylic acids is 1. The molecule has 88 valence electrons. The van der Waals surface area contributed by atoms with E-state index in [1.54, 1.807) is 0 Å². The highest BCUT2D eigenvalue weighted by Crippen LogP contribution is 2.36. The minimum absolute atomic E-state index is 0.417. The third-order valence-electron chi connectivity index (χ3n) is 1.89. The minimum Gasteiger partial charge on any atom is -0.496 e. The molecule has 7 heteroatoms. The number of carboxylic acid groups (broad SMARTS) is 1. The Balaban J connectivity index is 3.44. The maximum atomic E-state index is 12.4. The number of hydrogen-bond acceptors (Lipinski definition) is 3. The second kappa shape index (κ2) is 3.92. The summed E-state index contributed by atoms with van der Waals surface area (Å²) in [6, 6.07) is 1.16. The average molecular weight is 235 g/mol. The Labute approximate surface area is 88.4 Å². The van der Waals surface area contributed by atoms with Gasteiger partial charge in [-0.25, -0.2) is 4.79 Å². The molecule has 4 nitrogen and oxygen atoms in total. The van der Waals surface area contributed by atoms with Crippen LogP contribution in [0.2, 0.25) is 0 Å². The molecule has 1 rings (SSSR count). The Morgan fingerprint density at radius 1 is 1.44 bits per heavy atom. The van der Waals surface area contributed by atoms with E-state index in [0.717, 1.165) is 7.11 Å². The smallest absolute Gasteiger partial charge is 0.416 e. The fourth-order valence-corrected chi connectivity index (χ4v) is 1.19. The van der Waals surface area contributed by atoms with Crippen LogP contribution in [0.1, 0.15) is 15.9 Å². The molecule has 0 aliphatic heterocycles. The number of aromatic carboxylic acids is 1. The third kappa shape index (κ3) is 2.18. The van der Waals surface area contributed by atoms with Gasteiger partial charge in [0.25, 0.3) is 0 Å². The molecular formula is C9H8F3NO3. The van der Waals surface area contributed by atoms with Crippen LogP contribution in [0.3, 0.4) is 0 Å². The molecule has 0 aromatic heterocycles. The van der Waals surface area contributed by atoms with Crippen molar-refractivity contribution in [2.24, 2.45) is 0 Å². The van der Waals surface area contributed by atoms with Crippen LogP contribution < -0.4 is 10.5 Å². The van der Waals surface area contributed by atoms with Crippen molar-refractivity contribution in [1.82, 2.24) is 0 Å². The van der Waals surface area contributed by atoms with Crippen molar-refractivity contribution in [3.63, 3.8) is 0 Å². The summed E-state index contributed by atoms with van der Waals surface area (Å²) in [5, 5.41) is 8.73. The van der Waals surface area contributed by atoms with E-state index in [9.17, 15) is 18.0 Å². The normalized spacial score (nSPS) is 11.2. The minimum atomic E-state index is -4.60. The van der Waals surface area contributed by atoms with E-state index in [2.05, 4.69) is 4.74 Å². The second-order valence-electron chi connectivity index (χ2n) is 2.95. The Morgan fingerprint density at radius 2 is 2.00 bits per heavy atom. The second-order valence-corrected chi connectivity index (χ2v) is 2.95. The quantitative estimate of drug-likeness (QED) is 0.769. The number of hydrogen-bond donors (Lipinski definition) is 2. The van der Waals surface area contributed by atoms with Crippen molar-refractivity contribution in [2.75, 3.05) is 12.8 Å². The molecule has 0 radical (unpaired) electrons. The van der Waals surface area contributed by atoms with Gasteiger partial charge in [0, 0.05) is 0 Å². The Morgan fingerprint density at radius 3 is 2.38 bits per heavy atom. The molecule has 0 heterocycles. The lowest BCUT2D eigenvalue weighted by molar-refractivity contribution is -0.137. The summed E-state index contributed by atoms with van der Waals surface area (Å²) in [6.45, 7) is 0. The summed E-state index contributed by atoms with van der Waals surface area (Å²) >= 11 is 0. The molecule has 3 N–H and O–H groups in total. The average Bonchev–Trinajstić information content (AvgIpc) is 2.14. The number of benzene rings is 1. The van der Waals surface area contributed by atoms with Crippen LogP contribution in [-0.4, -0.2) is 18.2 Å². The van der Waals surface area contributed by atoms with E-state index >= 15 is 0 Å². The van der Waals surface area contributed by atoms with Crippen molar-refractivity contribution >= 4 is 11.7 Å². The van der Waals surface area contributed by atoms with Crippen molar-refractivity contribution < 1.29 is 27.8 Å². The lowest BCUT2D eigenvalue weighted by Gasteiger charge is -2.12. The lowest BCUT2D eigenvalue weighted by atomic mass is 10.1. The van der Waals surface area contributed by atoms with Gasteiger partial charge in [0.2, 0.25) is 0 Å². The highest BCUT2D eigenvalue weighted by molar-refractivity contribution is 5.97. The standard InChI is InChI=1S/C9H8F3NO3/c1-16-6-3-4(9(10,11)12)2-5(13)7(6)8(14)15/h2-3H,13H2,1H3,(H,14,15). The van der Waals surface area contributed by atoms with E-state index in [1.807, 2.05) is 0 Å². The van der Waals surface area contributed by atoms with Gasteiger partial charge in [-0.15, -0.1) is 0 Å². The monoisotopic (exact) mass is 235 g/mol. The maximum absolute atomic E-state index is 12.4. The van der Waals surface area contributed by atoms with Gasteiger partial charge in [0.1, 0.15) is 11.3 Å². The molecule has 0 spiro atoms. The first-order valence-electron chi connectivity index (χ1n) is 4.05. The van der Waals surface area contributed by atoms with Crippen LogP contribution >= 0.6 is 0 Å². The number of nitrogen functional groups attached to an aromatic ring is 1. The van der Waals surface area contributed by atoms with Crippen molar-refractivity contribution in [2.45, 2.75) is 6.18 Å². The number of ether oxygens (including phenoxy) is 1. The number of halogens is 3. The first-order valence-corrected chi connectivity index (χ1v) is 4.05. The molecule has 1 aromatic rings. The highest BCUT2D eigenvalue weighted by Gasteiger charge is 2.33. The lowest BCUT2D eigenvalue weighted by Crippen LogP contribution is -2.11. The van der Waals surface area contributed by atoms with Gasteiger partial charge in [0.05, 0.1) is 18.4 Å². The zero-order valence-corrected chi connectivity index (χ0v) is 8.13. The SMILES string of the molecule is COc1cc(C(F)(F)F)cc(N)c1C(=O)O. The Bertz CT molecular complexity index is 429. The van der Waals surface area contributed by atoms with Gasteiger partial charge in [-0.1, -0.05) is 0 Å². The molecule has 1 aromatic carbocycles.